The quantitative estimate of drug-likeness (QED) is 0.822. The Bertz CT molecular complexity index is 534. The number of fused-ring (bicyclic) bond motifs is 1. The van der Waals surface area contributed by atoms with Gasteiger partial charge in [-0.2, -0.15) is 0 Å². The summed E-state index contributed by atoms with van der Waals surface area (Å²) in [6.07, 6.45) is 0. The van der Waals surface area contributed by atoms with Crippen LogP contribution in [-0.4, -0.2) is 5.25 Å². The second-order valence-electron chi connectivity index (χ2n) is 5.04. The van der Waals surface area contributed by atoms with E-state index in [0.29, 0.717) is 17.7 Å². The molecule has 0 spiro atoms. The number of nitrogens with two attached hydrogens (primary N) is 1. The average Bonchev–Trinajstić information content (AvgIpc) is 2.39. The molecule has 0 aliphatic rings. The molecule has 2 aromatic carbocycles. The summed E-state index contributed by atoms with van der Waals surface area (Å²) < 4.78 is 0. The molecule has 1 nitrogen and oxygen atoms in total. The number of benzene rings is 2. The van der Waals surface area contributed by atoms with Gasteiger partial charge in [0.2, 0.25) is 0 Å². The second kappa shape index (κ2) is 5.77. The van der Waals surface area contributed by atoms with Gasteiger partial charge < -0.3 is 5.73 Å². The zero-order valence-electron chi connectivity index (χ0n) is 11.3. The summed E-state index contributed by atoms with van der Waals surface area (Å²) in [5, 5.41) is 3.25. The maximum absolute atomic E-state index is 5.81. The van der Waals surface area contributed by atoms with Crippen LogP contribution >= 0.6 is 11.8 Å². The van der Waals surface area contributed by atoms with Crippen molar-refractivity contribution in [1.29, 1.82) is 0 Å². The normalized spacial score (nSPS) is 13.2. The largest absolute Gasteiger partial charge is 0.326 e. The highest BCUT2D eigenvalue weighted by Crippen LogP contribution is 2.34. The Balaban J connectivity index is 2.46. The van der Waals surface area contributed by atoms with Crippen molar-refractivity contribution in [1.82, 2.24) is 0 Å². The molecule has 0 saturated carbocycles. The third kappa shape index (κ3) is 2.70. The van der Waals surface area contributed by atoms with Crippen molar-refractivity contribution < 1.29 is 0 Å². The van der Waals surface area contributed by atoms with Crippen molar-refractivity contribution in [3.63, 3.8) is 0 Å². The first-order valence-electron chi connectivity index (χ1n) is 6.51. The number of hydrogen-bond donors (Lipinski definition) is 1. The molecule has 96 valence electrons. The van der Waals surface area contributed by atoms with E-state index in [-0.39, 0.29) is 0 Å². The Morgan fingerprint density at radius 1 is 1.00 bits per heavy atom. The summed E-state index contributed by atoms with van der Waals surface area (Å²) in [6.45, 7) is 7.44. The Morgan fingerprint density at radius 2 is 1.67 bits per heavy atom. The van der Waals surface area contributed by atoms with Crippen molar-refractivity contribution in [2.24, 2.45) is 11.7 Å². The van der Waals surface area contributed by atoms with E-state index in [1.54, 1.807) is 0 Å². The van der Waals surface area contributed by atoms with Gasteiger partial charge in [-0.15, -0.1) is 11.8 Å². The first-order valence-corrected chi connectivity index (χ1v) is 7.38. The predicted octanol–water partition coefficient (Wildman–Crippen LogP) is 4.44. The molecule has 0 saturated heterocycles. The lowest BCUT2D eigenvalue weighted by molar-refractivity contribution is 0.642. The maximum Gasteiger partial charge on any atom is 0.0184 e. The van der Waals surface area contributed by atoms with E-state index in [1.165, 1.54) is 21.2 Å². The molecule has 0 aliphatic heterocycles. The van der Waals surface area contributed by atoms with E-state index in [4.69, 9.17) is 5.73 Å². The molecule has 0 aliphatic carbocycles. The standard InChI is InChI=1S/C16H21NS/c1-11(2)12(3)18-16-9-8-13(10-17)14-6-4-5-7-15(14)16/h4-9,11-12H,10,17H2,1-3H3. The fraction of sp³-hybridized carbons (Fsp3) is 0.375. The molecule has 0 bridgehead atoms. The highest BCUT2D eigenvalue weighted by atomic mass is 32.2. The summed E-state index contributed by atoms with van der Waals surface area (Å²) in [5.74, 6) is 0.683. The van der Waals surface area contributed by atoms with Gasteiger partial charge in [-0.3, -0.25) is 0 Å². The minimum absolute atomic E-state index is 0.602. The molecule has 0 radical (unpaired) electrons. The van der Waals surface area contributed by atoms with Gasteiger partial charge in [0.25, 0.3) is 0 Å². The first-order chi connectivity index (χ1) is 8.63. The van der Waals surface area contributed by atoms with Crippen LogP contribution < -0.4 is 5.73 Å². The third-order valence-corrected chi connectivity index (χ3v) is 4.97. The third-order valence-electron chi connectivity index (χ3n) is 3.45. The Kier molecular flexibility index (Phi) is 4.31. The second-order valence-corrected chi connectivity index (χ2v) is 6.46. The summed E-state index contributed by atoms with van der Waals surface area (Å²) in [6, 6.07) is 12.9. The van der Waals surface area contributed by atoms with Gasteiger partial charge in [0.1, 0.15) is 0 Å². The van der Waals surface area contributed by atoms with Crippen molar-refractivity contribution >= 4 is 22.5 Å². The van der Waals surface area contributed by atoms with Crippen LogP contribution in [0.5, 0.6) is 0 Å². The van der Waals surface area contributed by atoms with E-state index in [0.717, 1.165) is 0 Å². The fourth-order valence-electron chi connectivity index (χ4n) is 1.95. The van der Waals surface area contributed by atoms with Crippen LogP contribution in [0.15, 0.2) is 41.3 Å². The SMILES string of the molecule is CC(C)C(C)Sc1ccc(CN)c2ccccc12. The van der Waals surface area contributed by atoms with Gasteiger partial charge in [0.15, 0.2) is 0 Å². The van der Waals surface area contributed by atoms with Crippen LogP contribution in [0.2, 0.25) is 0 Å². The van der Waals surface area contributed by atoms with Gasteiger partial charge in [0, 0.05) is 16.7 Å². The van der Waals surface area contributed by atoms with Crippen molar-refractivity contribution in [3.05, 3.63) is 42.0 Å². The van der Waals surface area contributed by atoms with Crippen LogP contribution in [0.3, 0.4) is 0 Å². The molecule has 1 atom stereocenters. The molecule has 0 fully saturated rings. The van der Waals surface area contributed by atoms with E-state index in [1.807, 2.05) is 11.8 Å². The van der Waals surface area contributed by atoms with Gasteiger partial charge in [-0.1, -0.05) is 51.1 Å². The molecule has 0 amide bonds. The van der Waals surface area contributed by atoms with Crippen molar-refractivity contribution in [2.45, 2.75) is 37.5 Å². The number of hydrogen-bond acceptors (Lipinski definition) is 2. The molecule has 0 aromatic heterocycles. The first kappa shape index (κ1) is 13.4. The molecule has 2 aromatic rings. The molecule has 0 heterocycles. The van der Waals surface area contributed by atoms with Crippen molar-refractivity contribution in [3.8, 4) is 0 Å². The van der Waals surface area contributed by atoms with Crippen molar-refractivity contribution in [2.75, 3.05) is 0 Å². The Morgan fingerprint density at radius 3 is 2.28 bits per heavy atom. The minimum Gasteiger partial charge on any atom is -0.326 e. The van der Waals surface area contributed by atoms with Crippen LogP contribution in [0, 0.1) is 5.92 Å². The van der Waals surface area contributed by atoms with Gasteiger partial charge in [0.05, 0.1) is 0 Å². The molecule has 2 rings (SSSR count). The lowest BCUT2D eigenvalue weighted by Crippen LogP contribution is -2.05. The monoisotopic (exact) mass is 259 g/mol. The average molecular weight is 259 g/mol. The molecule has 2 N–H and O–H groups in total. The molecule has 18 heavy (non-hydrogen) atoms. The Labute approximate surface area is 114 Å². The van der Waals surface area contributed by atoms with Crippen LogP contribution in [-0.2, 0) is 6.54 Å². The lowest BCUT2D eigenvalue weighted by atomic mass is 10.0. The zero-order chi connectivity index (χ0) is 13.1. The topological polar surface area (TPSA) is 26.0 Å². The van der Waals surface area contributed by atoms with Crippen LogP contribution in [0.25, 0.3) is 10.8 Å². The van der Waals surface area contributed by atoms with E-state index in [2.05, 4.69) is 57.2 Å². The van der Waals surface area contributed by atoms with Gasteiger partial charge >= 0.3 is 0 Å². The smallest absolute Gasteiger partial charge is 0.0184 e. The molecular formula is C16H21NS. The van der Waals surface area contributed by atoms with Gasteiger partial charge in [-0.05, 0) is 28.3 Å². The summed E-state index contributed by atoms with van der Waals surface area (Å²) >= 11 is 1.96. The summed E-state index contributed by atoms with van der Waals surface area (Å²) in [7, 11) is 0. The minimum atomic E-state index is 0.602. The van der Waals surface area contributed by atoms with E-state index >= 15 is 0 Å². The summed E-state index contributed by atoms with van der Waals surface area (Å²) in [4.78, 5) is 1.36. The van der Waals surface area contributed by atoms with Crippen LogP contribution in [0.4, 0.5) is 0 Å². The Hall–Kier alpha value is -0.990. The van der Waals surface area contributed by atoms with Crippen LogP contribution in [0.1, 0.15) is 26.3 Å². The van der Waals surface area contributed by atoms with E-state index in [9.17, 15) is 0 Å². The molecular weight excluding hydrogens is 238 g/mol. The zero-order valence-corrected chi connectivity index (χ0v) is 12.1. The summed E-state index contributed by atoms with van der Waals surface area (Å²) in [5.41, 5.74) is 7.04. The highest BCUT2D eigenvalue weighted by molar-refractivity contribution is 8.00. The number of rotatable bonds is 4. The number of thioether (sulfide) groups is 1. The fourth-order valence-corrected chi connectivity index (χ4v) is 3.08. The molecule has 2 heteroatoms. The highest BCUT2D eigenvalue weighted by Gasteiger charge is 2.11. The maximum atomic E-state index is 5.81. The molecule has 1 unspecified atom stereocenters. The van der Waals surface area contributed by atoms with Gasteiger partial charge in [-0.25, -0.2) is 0 Å². The van der Waals surface area contributed by atoms with E-state index < -0.39 is 0 Å². The predicted molar refractivity (Wildman–Crippen MR) is 82.0 cm³/mol. The lowest BCUT2D eigenvalue weighted by Gasteiger charge is -2.17.